The zero-order chi connectivity index (χ0) is 18.4. The number of hydrogen-bond donors (Lipinski definition) is 0. The van der Waals surface area contributed by atoms with Gasteiger partial charge >= 0.3 is 0 Å². The topological polar surface area (TPSA) is 77.6 Å². The molecule has 0 radical (unpaired) electrons. The first-order valence-electron chi connectivity index (χ1n) is 9.04. The highest BCUT2D eigenvalue weighted by Gasteiger charge is 2.22. The fourth-order valence-corrected chi connectivity index (χ4v) is 4.68. The van der Waals surface area contributed by atoms with Crippen LogP contribution in [0, 0.1) is 6.92 Å². The number of aryl methyl sites for hydroxylation is 2. The maximum atomic E-state index is 4.83. The van der Waals surface area contributed by atoms with E-state index >= 15 is 0 Å². The van der Waals surface area contributed by atoms with Crippen molar-refractivity contribution in [3.05, 3.63) is 47.4 Å². The molecule has 0 aromatic carbocycles. The zero-order valence-electron chi connectivity index (χ0n) is 15.3. The van der Waals surface area contributed by atoms with Crippen molar-refractivity contribution in [1.82, 2.24) is 34.5 Å². The molecule has 0 fully saturated rings. The molecule has 9 heteroatoms. The summed E-state index contributed by atoms with van der Waals surface area (Å²) in [7, 11) is 1.95. The Labute approximate surface area is 160 Å². The molecule has 0 N–H and O–H groups in total. The highest BCUT2D eigenvalue weighted by atomic mass is 32.1. The van der Waals surface area contributed by atoms with Gasteiger partial charge in [0, 0.05) is 51.9 Å². The molecule has 0 saturated carbocycles. The summed E-state index contributed by atoms with van der Waals surface area (Å²) in [5.41, 5.74) is 3.17. The van der Waals surface area contributed by atoms with E-state index in [1.807, 2.05) is 30.9 Å². The molecular weight excluding hydrogens is 360 g/mol. The summed E-state index contributed by atoms with van der Waals surface area (Å²) < 4.78 is 5.30. The fourth-order valence-electron chi connectivity index (χ4n) is 3.60. The minimum absolute atomic E-state index is 0.757. The lowest BCUT2D eigenvalue weighted by Crippen LogP contribution is -2.26. The van der Waals surface area contributed by atoms with Crippen LogP contribution in [0.25, 0.3) is 10.3 Å². The van der Waals surface area contributed by atoms with Crippen molar-refractivity contribution in [3.63, 3.8) is 0 Å². The Kier molecular flexibility index (Phi) is 3.89. The van der Waals surface area contributed by atoms with Gasteiger partial charge < -0.3 is 9.47 Å². The van der Waals surface area contributed by atoms with Gasteiger partial charge in [0.1, 0.15) is 11.6 Å². The summed E-state index contributed by atoms with van der Waals surface area (Å²) in [6, 6.07) is 4.04. The quantitative estimate of drug-likeness (QED) is 0.541. The summed E-state index contributed by atoms with van der Waals surface area (Å²) in [5.74, 6) is 2.06. The van der Waals surface area contributed by atoms with E-state index in [2.05, 4.69) is 35.8 Å². The van der Waals surface area contributed by atoms with Crippen LogP contribution in [0.1, 0.15) is 22.9 Å². The van der Waals surface area contributed by atoms with Gasteiger partial charge in [-0.25, -0.2) is 9.67 Å². The third-order valence-corrected chi connectivity index (χ3v) is 6.21. The number of fused-ring (bicyclic) bond motifs is 2. The molecule has 27 heavy (non-hydrogen) atoms. The van der Waals surface area contributed by atoms with E-state index in [0.29, 0.717) is 0 Å². The third-order valence-electron chi connectivity index (χ3n) is 4.99. The van der Waals surface area contributed by atoms with E-state index in [0.717, 1.165) is 66.2 Å². The first kappa shape index (κ1) is 16.4. The van der Waals surface area contributed by atoms with Crippen molar-refractivity contribution in [1.29, 1.82) is 0 Å². The number of pyridine rings is 1. The smallest absolute Gasteiger partial charge is 0.188 e. The van der Waals surface area contributed by atoms with Crippen LogP contribution < -0.4 is 4.90 Å². The zero-order valence-corrected chi connectivity index (χ0v) is 16.1. The monoisotopic (exact) mass is 380 g/mol. The van der Waals surface area contributed by atoms with Crippen LogP contribution in [0.3, 0.4) is 0 Å². The molecule has 8 nitrogen and oxygen atoms in total. The Bertz CT molecular complexity index is 1060. The first-order valence-corrected chi connectivity index (χ1v) is 9.85. The van der Waals surface area contributed by atoms with E-state index in [1.54, 1.807) is 17.5 Å². The summed E-state index contributed by atoms with van der Waals surface area (Å²) in [6.45, 7) is 4.71. The molecule has 0 bridgehead atoms. The molecule has 0 spiro atoms. The molecular formula is C18H20N8S. The molecule has 1 aliphatic heterocycles. The molecule has 5 rings (SSSR count). The van der Waals surface area contributed by atoms with Gasteiger partial charge in [-0.15, -0.1) is 10.2 Å². The highest BCUT2D eigenvalue weighted by Crippen LogP contribution is 2.31. The molecule has 0 atom stereocenters. The van der Waals surface area contributed by atoms with Crippen molar-refractivity contribution >= 4 is 26.8 Å². The second-order valence-electron chi connectivity index (χ2n) is 6.82. The van der Waals surface area contributed by atoms with Gasteiger partial charge in [-0.2, -0.15) is 5.10 Å². The molecule has 0 amide bonds. The maximum Gasteiger partial charge on any atom is 0.188 e. The standard InChI is InChI=1S/C18H20N8S/c1-12-16-17(24(2)23-12)20-18(27-16)25-7-5-14-21-22-15(26(14)9-8-25)10-13-4-3-6-19-11-13/h3-4,6,11H,5,7-10H2,1-2H3. The summed E-state index contributed by atoms with van der Waals surface area (Å²) in [4.78, 5) is 11.4. The normalized spacial score (nSPS) is 14.5. The number of anilines is 1. The number of thiazole rings is 1. The average Bonchev–Trinajstić information content (AvgIpc) is 3.29. The predicted molar refractivity (Wildman–Crippen MR) is 104 cm³/mol. The molecule has 0 unspecified atom stereocenters. The first-order chi connectivity index (χ1) is 13.2. The molecule has 4 aromatic rings. The average molecular weight is 380 g/mol. The van der Waals surface area contributed by atoms with Gasteiger partial charge in [-0.1, -0.05) is 17.4 Å². The lowest BCUT2D eigenvalue weighted by Gasteiger charge is -2.18. The van der Waals surface area contributed by atoms with Crippen molar-refractivity contribution in [3.8, 4) is 0 Å². The number of nitrogens with zero attached hydrogens (tertiary/aromatic N) is 8. The molecule has 138 valence electrons. The van der Waals surface area contributed by atoms with E-state index < -0.39 is 0 Å². The fraction of sp³-hybridized carbons (Fsp3) is 0.389. The third kappa shape index (κ3) is 2.87. The van der Waals surface area contributed by atoms with E-state index in [1.165, 1.54) is 4.70 Å². The molecule has 0 aliphatic carbocycles. The minimum atomic E-state index is 0.757. The Morgan fingerprint density at radius 2 is 2.11 bits per heavy atom. The van der Waals surface area contributed by atoms with Crippen LogP contribution in [0.5, 0.6) is 0 Å². The van der Waals surface area contributed by atoms with Crippen molar-refractivity contribution in [2.24, 2.45) is 7.05 Å². The minimum Gasteiger partial charge on any atom is -0.346 e. The molecule has 4 aromatic heterocycles. The Hall–Kier alpha value is -2.81. The summed E-state index contributed by atoms with van der Waals surface area (Å²) >= 11 is 1.73. The summed E-state index contributed by atoms with van der Waals surface area (Å²) in [5, 5.41) is 14.4. The van der Waals surface area contributed by atoms with Gasteiger partial charge in [0.05, 0.1) is 10.4 Å². The van der Waals surface area contributed by atoms with Crippen LogP contribution in [0.4, 0.5) is 5.13 Å². The Morgan fingerprint density at radius 3 is 2.93 bits per heavy atom. The van der Waals surface area contributed by atoms with Gasteiger partial charge in [0.15, 0.2) is 10.8 Å². The van der Waals surface area contributed by atoms with Gasteiger partial charge in [-0.3, -0.25) is 4.98 Å². The molecule has 0 saturated heterocycles. The Balaban J connectivity index is 1.38. The lowest BCUT2D eigenvalue weighted by molar-refractivity contribution is 0.656. The van der Waals surface area contributed by atoms with Crippen LogP contribution >= 0.6 is 11.3 Å². The van der Waals surface area contributed by atoms with Gasteiger partial charge in [0.25, 0.3) is 0 Å². The van der Waals surface area contributed by atoms with Crippen LogP contribution in [0.15, 0.2) is 24.5 Å². The number of hydrogen-bond acceptors (Lipinski definition) is 7. The van der Waals surface area contributed by atoms with E-state index in [4.69, 9.17) is 4.98 Å². The second kappa shape index (κ2) is 6.41. The predicted octanol–water partition coefficient (Wildman–Crippen LogP) is 1.98. The van der Waals surface area contributed by atoms with Crippen LogP contribution in [-0.4, -0.2) is 47.6 Å². The number of rotatable bonds is 3. The number of aromatic nitrogens is 7. The summed E-state index contributed by atoms with van der Waals surface area (Å²) in [6.07, 6.45) is 5.31. The van der Waals surface area contributed by atoms with Gasteiger partial charge in [-0.05, 0) is 18.6 Å². The van der Waals surface area contributed by atoms with E-state index in [9.17, 15) is 0 Å². The molecule has 1 aliphatic rings. The Morgan fingerprint density at radius 1 is 1.19 bits per heavy atom. The highest BCUT2D eigenvalue weighted by molar-refractivity contribution is 7.22. The SMILES string of the molecule is Cc1nn(C)c2nc(N3CCc4nnc(Cc5cccnc5)n4CC3)sc12. The van der Waals surface area contributed by atoms with Gasteiger partial charge in [0.2, 0.25) is 0 Å². The second-order valence-corrected chi connectivity index (χ2v) is 7.79. The largest absolute Gasteiger partial charge is 0.346 e. The lowest BCUT2D eigenvalue weighted by atomic mass is 10.2. The van der Waals surface area contributed by atoms with E-state index in [-0.39, 0.29) is 0 Å². The van der Waals surface area contributed by atoms with Crippen LogP contribution in [0.2, 0.25) is 0 Å². The maximum absolute atomic E-state index is 4.83. The van der Waals surface area contributed by atoms with Crippen molar-refractivity contribution in [2.75, 3.05) is 18.0 Å². The van der Waals surface area contributed by atoms with Crippen molar-refractivity contribution in [2.45, 2.75) is 26.3 Å². The van der Waals surface area contributed by atoms with Crippen LogP contribution in [-0.2, 0) is 26.4 Å². The van der Waals surface area contributed by atoms with Crippen molar-refractivity contribution < 1.29 is 0 Å². The molecule has 5 heterocycles.